The molecule has 0 aliphatic rings. The first kappa shape index (κ1) is 14.1. The molecule has 2 aromatic heterocycles. The fourth-order valence-electron chi connectivity index (χ4n) is 1.55. The van der Waals surface area contributed by atoms with Gasteiger partial charge < -0.3 is 14.5 Å². The van der Waals surface area contributed by atoms with Gasteiger partial charge in [0.15, 0.2) is 0 Å². The number of aromatic nitrogens is 3. The van der Waals surface area contributed by atoms with Crippen LogP contribution in [0.5, 0.6) is 6.01 Å². The summed E-state index contributed by atoms with van der Waals surface area (Å²) in [7, 11) is 0. The Balaban J connectivity index is 2.17. The summed E-state index contributed by atoms with van der Waals surface area (Å²) in [6.45, 7) is 5.71. The largest absolute Gasteiger partial charge is 0.467 e. The molecule has 1 unspecified atom stereocenters. The number of hydrogen-bond donors (Lipinski definition) is 3. The minimum Gasteiger partial charge on any atom is -0.467 e. The Hall–Kier alpha value is -2.35. The van der Waals surface area contributed by atoms with Crippen LogP contribution in [0.2, 0.25) is 0 Å². The molecule has 0 radical (unpaired) electrons. The third-order valence-electron chi connectivity index (χ3n) is 2.40. The standard InChI is InChI=1S/C12H18N6O2/c1-7(2)20-12-16-10(15-11(17-12)18-13)14-8(3)9-5-4-6-19-9/h4-8H,13H2,1-3H3,(H2,14,15,16,17,18). The molecule has 8 nitrogen and oxygen atoms in total. The fraction of sp³-hybridized carbons (Fsp3) is 0.417. The predicted molar refractivity (Wildman–Crippen MR) is 74.1 cm³/mol. The van der Waals surface area contributed by atoms with Crippen molar-refractivity contribution in [3.8, 4) is 6.01 Å². The molecule has 4 N–H and O–H groups in total. The van der Waals surface area contributed by atoms with Crippen molar-refractivity contribution in [1.29, 1.82) is 0 Å². The number of nitrogens with one attached hydrogen (secondary N) is 2. The Labute approximate surface area is 116 Å². The highest BCUT2D eigenvalue weighted by Crippen LogP contribution is 2.19. The number of anilines is 2. The molecule has 2 aromatic rings. The van der Waals surface area contributed by atoms with Gasteiger partial charge in [0.1, 0.15) is 5.76 Å². The molecule has 0 bridgehead atoms. The minimum absolute atomic E-state index is 0.0432. The van der Waals surface area contributed by atoms with Crippen LogP contribution in [0.3, 0.4) is 0 Å². The van der Waals surface area contributed by atoms with Crippen molar-refractivity contribution in [2.75, 3.05) is 10.7 Å². The van der Waals surface area contributed by atoms with Gasteiger partial charge in [-0.15, -0.1) is 0 Å². The Kier molecular flexibility index (Phi) is 4.36. The maximum atomic E-state index is 5.45. The summed E-state index contributed by atoms with van der Waals surface area (Å²) in [5, 5.41) is 3.10. The van der Waals surface area contributed by atoms with Crippen LogP contribution >= 0.6 is 0 Å². The van der Waals surface area contributed by atoms with E-state index < -0.39 is 0 Å². The van der Waals surface area contributed by atoms with Crippen molar-refractivity contribution in [3.63, 3.8) is 0 Å². The second kappa shape index (κ2) is 6.20. The van der Waals surface area contributed by atoms with Crippen LogP contribution in [0.15, 0.2) is 22.8 Å². The first-order valence-electron chi connectivity index (χ1n) is 6.27. The van der Waals surface area contributed by atoms with Gasteiger partial charge in [0.2, 0.25) is 11.9 Å². The molecular formula is C12H18N6O2. The number of hydrogen-bond acceptors (Lipinski definition) is 8. The summed E-state index contributed by atoms with van der Waals surface area (Å²) in [5.74, 6) is 6.70. The van der Waals surface area contributed by atoms with Crippen LogP contribution in [-0.4, -0.2) is 21.1 Å². The maximum Gasteiger partial charge on any atom is 0.323 e. The van der Waals surface area contributed by atoms with Crippen molar-refractivity contribution in [2.24, 2.45) is 5.84 Å². The predicted octanol–water partition coefficient (Wildman–Crippen LogP) is 1.71. The SMILES string of the molecule is CC(C)Oc1nc(NN)nc(NC(C)c2ccco2)n1. The van der Waals surface area contributed by atoms with Crippen LogP contribution in [0.1, 0.15) is 32.6 Å². The molecule has 1 atom stereocenters. The van der Waals surface area contributed by atoms with Gasteiger partial charge in [-0.1, -0.05) is 0 Å². The van der Waals surface area contributed by atoms with Crippen LogP contribution in [0.25, 0.3) is 0 Å². The molecule has 8 heteroatoms. The Morgan fingerprint density at radius 2 is 1.95 bits per heavy atom. The molecule has 0 spiro atoms. The average Bonchev–Trinajstić information content (AvgIpc) is 2.91. The van der Waals surface area contributed by atoms with Gasteiger partial charge in [-0.05, 0) is 32.9 Å². The highest BCUT2D eigenvalue weighted by Gasteiger charge is 2.13. The summed E-state index contributed by atoms with van der Waals surface area (Å²) >= 11 is 0. The summed E-state index contributed by atoms with van der Waals surface area (Å²) < 4.78 is 10.8. The Morgan fingerprint density at radius 3 is 2.55 bits per heavy atom. The molecule has 0 fully saturated rings. The van der Waals surface area contributed by atoms with Crippen molar-refractivity contribution >= 4 is 11.9 Å². The molecule has 2 rings (SSSR count). The van der Waals surface area contributed by atoms with Crippen molar-refractivity contribution < 1.29 is 9.15 Å². The van der Waals surface area contributed by atoms with Gasteiger partial charge >= 0.3 is 6.01 Å². The number of rotatable bonds is 6. The fourth-order valence-corrected chi connectivity index (χ4v) is 1.55. The number of furan rings is 1. The van der Waals surface area contributed by atoms with E-state index >= 15 is 0 Å². The van der Waals surface area contributed by atoms with Gasteiger partial charge in [-0.3, -0.25) is 5.43 Å². The molecule has 0 amide bonds. The van der Waals surface area contributed by atoms with E-state index in [-0.39, 0.29) is 24.1 Å². The summed E-state index contributed by atoms with van der Waals surface area (Å²) in [6.07, 6.45) is 1.57. The van der Waals surface area contributed by atoms with Crippen LogP contribution in [-0.2, 0) is 0 Å². The molecule has 0 saturated carbocycles. The molecule has 0 aromatic carbocycles. The smallest absolute Gasteiger partial charge is 0.323 e. The van der Waals surface area contributed by atoms with Gasteiger partial charge in [-0.25, -0.2) is 5.84 Å². The highest BCUT2D eigenvalue weighted by molar-refractivity contribution is 5.36. The molecule has 108 valence electrons. The summed E-state index contributed by atoms with van der Waals surface area (Å²) in [4.78, 5) is 12.3. The van der Waals surface area contributed by atoms with Gasteiger partial charge in [0.05, 0.1) is 18.4 Å². The monoisotopic (exact) mass is 278 g/mol. The Bertz CT molecular complexity index is 543. The van der Waals surface area contributed by atoms with E-state index in [2.05, 4.69) is 25.7 Å². The molecule has 2 heterocycles. The Morgan fingerprint density at radius 1 is 1.20 bits per heavy atom. The lowest BCUT2D eigenvalue weighted by atomic mass is 10.2. The van der Waals surface area contributed by atoms with E-state index in [1.165, 1.54) is 0 Å². The molecule has 0 saturated heterocycles. The molecule has 20 heavy (non-hydrogen) atoms. The van der Waals surface area contributed by atoms with Crippen LogP contribution in [0.4, 0.5) is 11.9 Å². The zero-order valence-corrected chi connectivity index (χ0v) is 11.6. The number of nitrogens with zero attached hydrogens (tertiary/aromatic N) is 3. The average molecular weight is 278 g/mol. The first-order valence-corrected chi connectivity index (χ1v) is 6.27. The van der Waals surface area contributed by atoms with Crippen molar-refractivity contribution in [3.05, 3.63) is 24.2 Å². The lowest BCUT2D eigenvalue weighted by Crippen LogP contribution is -2.17. The summed E-state index contributed by atoms with van der Waals surface area (Å²) in [5.41, 5.74) is 2.38. The number of hydrazine groups is 1. The second-order valence-corrected chi connectivity index (χ2v) is 4.46. The van der Waals surface area contributed by atoms with Crippen LogP contribution < -0.4 is 21.3 Å². The minimum atomic E-state index is -0.0927. The van der Waals surface area contributed by atoms with Gasteiger partial charge in [0.25, 0.3) is 0 Å². The maximum absolute atomic E-state index is 5.45. The zero-order chi connectivity index (χ0) is 14.5. The van der Waals surface area contributed by atoms with Gasteiger partial charge in [-0.2, -0.15) is 15.0 Å². The molecular weight excluding hydrogens is 260 g/mol. The quantitative estimate of drug-likeness (QED) is 0.541. The van der Waals surface area contributed by atoms with Gasteiger partial charge in [0, 0.05) is 0 Å². The van der Waals surface area contributed by atoms with E-state index in [1.54, 1.807) is 6.26 Å². The molecule has 0 aliphatic heterocycles. The van der Waals surface area contributed by atoms with E-state index in [4.69, 9.17) is 15.0 Å². The molecule has 0 aliphatic carbocycles. The van der Waals surface area contributed by atoms with E-state index in [0.29, 0.717) is 5.95 Å². The number of nitrogen functional groups attached to an aromatic ring is 1. The third kappa shape index (κ3) is 3.58. The topological polar surface area (TPSA) is 111 Å². The van der Waals surface area contributed by atoms with E-state index in [1.807, 2.05) is 32.9 Å². The van der Waals surface area contributed by atoms with Crippen molar-refractivity contribution in [2.45, 2.75) is 32.9 Å². The van der Waals surface area contributed by atoms with E-state index in [9.17, 15) is 0 Å². The second-order valence-electron chi connectivity index (χ2n) is 4.46. The lowest BCUT2D eigenvalue weighted by molar-refractivity contribution is 0.222. The van der Waals surface area contributed by atoms with Crippen molar-refractivity contribution in [1.82, 2.24) is 15.0 Å². The third-order valence-corrected chi connectivity index (χ3v) is 2.40. The lowest BCUT2D eigenvalue weighted by Gasteiger charge is -2.14. The van der Waals surface area contributed by atoms with E-state index in [0.717, 1.165) is 5.76 Å². The van der Waals surface area contributed by atoms with Crippen LogP contribution in [0, 0.1) is 0 Å². The summed E-state index contributed by atoms with van der Waals surface area (Å²) in [6, 6.07) is 3.80. The normalized spacial score (nSPS) is 12.2. The highest BCUT2D eigenvalue weighted by atomic mass is 16.5. The number of ether oxygens (including phenoxy) is 1. The zero-order valence-electron chi connectivity index (χ0n) is 11.6. The first-order chi connectivity index (χ1) is 9.58. The number of nitrogens with two attached hydrogens (primary N) is 1.